The summed E-state index contributed by atoms with van der Waals surface area (Å²) in [6.45, 7) is 3.77. The molecule has 142 valence electrons. The van der Waals surface area contributed by atoms with Gasteiger partial charge in [-0.3, -0.25) is 14.7 Å². The maximum atomic E-state index is 13.0. The molecule has 3 heterocycles. The summed E-state index contributed by atoms with van der Waals surface area (Å²) >= 11 is 0. The highest BCUT2D eigenvalue weighted by atomic mass is 16.2. The molecule has 8 heteroatoms. The van der Waals surface area contributed by atoms with Gasteiger partial charge in [-0.05, 0) is 57.5 Å². The van der Waals surface area contributed by atoms with E-state index in [0.717, 1.165) is 36.0 Å². The average molecular weight is 368 g/mol. The van der Waals surface area contributed by atoms with E-state index in [-0.39, 0.29) is 17.5 Å². The van der Waals surface area contributed by atoms with Gasteiger partial charge in [0.05, 0.1) is 16.9 Å². The predicted octanol–water partition coefficient (Wildman–Crippen LogP) is 1.23. The van der Waals surface area contributed by atoms with E-state index in [2.05, 4.69) is 20.8 Å². The number of nitrogens with one attached hydrogen (secondary N) is 3. The summed E-state index contributed by atoms with van der Waals surface area (Å²) in [5.74, 6) is -0.0299. The number of pyridine rings is 1. The number of carbonyl (C=O) groups is 1. The van der Waals surface area contributed by atoms with E-state index in [0.29, 0.717) is 36.1 Å². The molecular weight excluding hydrogens is 344 g/mol. The van der Waals surface area contributed by atoms with Crippen molar-refractivity contribution in [2.24, 2.45) is 5.73 Å². The number of carbonyl (C=O) groups excluding carboxylic acids is 1. The van der Waals surface area contributed by atoms with Gasteiger partial charge in [0.1, 0.15) is 5.52 Å². The first-order valence-corrected chi connectivity index (χ1v) is 9.35. The van der Waals surface area contributed by atoms with E-state index in [4.69, 9.17) is 5.73 Å². The molecule has 1 aromatic carbocycles. The first-order chi connectivity index (χ1) is 13.1. The van der Waals surface area contributed by atoms with Crippen molar-refractivity contribution in [3.8, 4) is 0 Å². The van der Waals surface area contributed by atoms with Crippen LogP contribution in [0, 0.1) is 6.92 Å². The van der Waals surface area contributed by atoms with Gasteiger partial charge in [0.15, 0.2) is 0 Å². The molecule has 0 radical (unpaired) electrons. The van der Waals surface area contributed by atoms with Crippen LogP contribution in [-0.4, -0.2) is 39.8 Å². The molecule has 3 aromatic rings. The highest BCUT2D eigenvalue weighted by Gasteiger charge is 2.22. The standard InChI is InChI=1S/C19H24N6O2/c1-11-16-17(24-23-11)13-10-12(22-18(26)14-4-2-8-21-14)5-6-15(13)25(19(16)27)9-3-7-20/h5-6,10,14,21H,2-4,7-9,20H2,1H3,(H,22,26)(H,23,24)/t14-/m1/s1. The third-order valence-electron chi connectivity index (χ3n) is 5.18. The summed E-state index contributed by atoms with van der Waals surface area (Å²) in [6.07, 6.45) is 2.57. The van der Waals surface area contributed by atoms with Crippen LogP contribution in [0.15, 0.2) is 23.0 Å². The maximum Gasteiger partial charge on any atom is 0.262 e. The van der Waals surface area contributed by atoms with Gasteiger partial charge in [0.2, 0.25) is 5.91 Å². The molecule has 1 saturated heterocycles. The third kappa shape index (κ3) is 3.11. The third-order valence-corrected chi connectivity index (χ3v) is 5.18. The lowest BCUT2D eigenvalue weighted by atomic mass is 10.1. The Balaban J connectivity index is 1.82. The summed E-state index contributed by atoms with van der Waals surface area (Å²) in [5, 5.41) is 14.8. The van der Waals surface area contributed by atoms with Gasteiger partial charge in [-0.15, -0.1) is 0 Å². The summed E-state index contributed by atoms with van der Waals surface area (Å²) < 4.78 is 1.75. The minimum atomic E-state index is -0.146. The summed E-state index contributed by atoms with van der Waals surface area (Å²) in [5.41, 5.74) is 8.45. The zero-order valence-corrected chi connectivity index (χ0v) is 15.3. The molecule has 0 saturated carbocycles. The van der Waals surface area contributed by atoms with Crippen molar-refractivity contribution in [1.82, 2.24) is 20.1 Å². The van der Waals surface area contributed by atoms with E-state index in [1.807, 2.05) is 25.1 Å². The van der Waals surface area contributed by atoms with Crippen molar-refractivity contribution >= 4 is 33.4 Å². The molecule has 1 fully saturated rings. The van der Waals surface area contributed by atoms with Crippen LogP contribution in [-0.2, 0) is 11.3 Å². The fraction of sp³-hybridized carbons (Fsp3) is 0.421. The molecule has 1 aliphatic heterocycles. The number of fused-ring (bicyclic) bond motifs is 3. The van der Waals surface area contributed by atoms with Crippen LogP contribution in [0.3, 0.4) is 0 Å². The zero-order chi connectivity index (χ0) is 19.0. The van der Waals surface area contributed by atoms with E-state index in [1.165, 1.54) is 0 Å². The van der Waals surface area contributed by atoms with Gasteiger partial charge in [0, 0.05) is 23.3 Å². The second-order valence-corrected chi connectivity index (χ2v) is 7.04. The largest absolute Gasteiger partial charge is 0.330 e. The Labute approximate surface area is 156 Å². The molecule has 1 atom stereocenters. The molecule has 0 bridgehead atoms. The van der Waals surface area contributed by atoms with E-state index in [1.54, 1.807) is 4.57 Å². The fourth-order valence-corrected chi connectivity index (χ4v) is 3.78. The minimum absolute atomic E-state index is 0.0299. The first kappa shape index (κ1) is 17.7. The van der Waals surface area contributed by atoms with Gasteiger partial charge in [-0.2, -0.15) is 5.10 Å². The van der Waals surface area contributed by atoms with Crippen LogP contribution in [0.25, 0.3) is 21.8 Å². The van der Waals surface area contributed by atoms with Crippen LogP contribution >= 0.6 is 0 Å². The lowest BCUT2D eigenvalue weighted by Gasteiger charge is -2.14. The molecule has 5 N–H and O–H groups in total. The van der Waals surface area contributed by atoms with E-state index >= 15 is 0 Å². The second kappa shape index (κ2) is 7.13. The van der Waals surface area contributed by atoms with Gasteiger partial charge in [0.25, 0.3) is 5.56 Å². The number of aromatic nitrogens is 3. The topological polar surface area (TPSA) is 118 Å². The van der Waals surface area contributed by atoms with Crippen LogP contribution in [0.5, 0.6) is 0 Å². The van der Waals surface area contributed by atoms with Crippen molar-refractivity contribution < 1.29 is 4.79 Å². The first-order valence-electron chi connectivity index (χ1n) is 9.35. The molecular formula is C19H24N6O2. The molecule has 4 rings (SSSR count). The van der Waals surface area contributed by atoms with Crippen LogP contribution in [0.1, 0.15) is 25.0 Å². The highest BCUT2D eigenvalue weighted by molar-refractivity contribution is 6.06. The second-order valence-electron chi connectivity index (χ2n) is 7.04. The number of rotatable bonds is 5. The van der Waals surface area contributed by atoms with Crippen molar-refractivity contribution in [3.05, 3.63) is 34.2 Å². The smallest absolute Gasteiger partial charge is 0.262 e. The quantitative estimate of drug-likeness (QED) is 0.540. The van der Waals surface area contributed by atoms with E-state index in [9.17, 15) is 9.59 Å². The van der Waals surface area contributed by atoms with Crippen molar-refractivity contribution in [3.63, 3.8) is 0 Å². The number of nitrogens with two attached hydrogens (primary N) is 1. The molecule has 8 nitrogen and oxygen atoms in total. The van der Waals surface area contributed by atoms with Crippen molar-refractivity contribution in [2.45, 2.75) is 38.8 Å². The lowest BCUT2D eigenvalue weighted by molar-refractivity contribution is -0.117. The predicted molar refractivity (Wildman–Crippen MR) is 106 cm³/mol. The number of H-pyrrole nitrogens is 1. The van der Waals surface area contributed by atoms with Gasteiger partial charge < -0.3 is 20.9 Å². The van der Waals surface area contributed by atoms with Crippen molar-refractivity contribution in [1.29, 1.82) is 0 Å². The number of aryl methyl sites for hydroxylation is 2. The molecule has 27 heavy (non-hydrogen) atoms. The number of hydrogen-bond donors (Lipinski definition) is 4. The molecule has 0 spiro atoms. The zero-order valence-electron chi connectivity index (χ0n) is 15.3. The number of benzene rings is 1. The monoisotopic (exact) mass is 368 g/mol. The minimum Gasteiger partial charge on any atom is -0.330 e. The Bertz CT molecular complexity index is 1060. The average Bonchev–Trinajstić information content (AvgIpc) is 3.32. The molecule has 1 amide bonds. The fourth-order valence-electron chi connectivity index (χ4n) is 3.78. The number of hydrogen-bond acceptors (Lipinski definition) is 5. The summed E-state index contributed by atoms with van der Waals surface area (Å²) in [4.78, 5) is 25.4. The SMILES string of the molecule is Cc1[nH]nc2c1c(=O)n(CCCN)c1ccc(NC(=O)[C@H]3CCCN3)cc21. The normalized spacial score (nSPS) is 17.0. The number of amides is 1. The van der Waals surface area contributed by atoms with Crippen LogP contribution in [0.4, 0.5) is 5.69 Å². The Morgan fingerprint density at radius 1 is 1.44 bits per heavy atom. The Morgan fingerprint density at radius 2 is 2.30 bits per heavy atom. The number of aromatic amines is 1. The van der Waals surface area contributed by atoms with Crippen LogP contribution in [0.2, 0.25) is 0 Å². The Kier molecular flexibility index (Phi) is 4.67. The van der Waals surface area contributed by atoms with Gasteiger partial charge in [-0.25, -0.2) is 0 Å². The Morgan fingerprint density at radius 3 is 3.04 bits per heavy atom. The summed E-state index contributed by atoms with van der Waals surface area (Å²) in [6, 6.07) is 5.45. The Hall–Kier alpha value is -2.71. The molecule has 2 aromatic heterocycles. The lowest BCUT2D eigenvalue weighted by Crippen LogP contribution is -2.35. The number of nitrogens with zero attached hydrogens (tertiary/aromatic N) is 2. The maximum absolute atomic E-state index is 13.0. The van der Waals surface area contributed by atoms with Crippen LogP contribution < -0.4 is 21.9 Å². The van der Waals surface area contributed by atoms with Crippen molar-refractivity contribution in [2.75, 3.05) is 18.4 Å². The molecule has 1 aliphatic rings. The van der Waals surface area contributed by atoms with Gasteiger partial charge in [-0.1, -0.05) is 0 Å². The summed E-state index contributed by atoms with van der Waals surface area (Å²) in [7, 11) is 0. The molecule has 0 unspecified atom stereocenters. The number of anilines is 1. The van der Waals surface area contributed by atoms with Gasteiger partial charge >= 0.3 is 0 Å². The molecule has 0 aliphatic carbocycles. The van der Waals surface area contributed by atoms with E-state index < -0.39 is 0 Å². The highest BCUT2D eigenvalue weighted by Crippen LogP contribution is 2.26.